The molecule has 180 valence electrons. The molecule has 2 N–H and O–H groups in total. The third-order valence-corrected chi connectivity index (χ3v) is 4.49. The molecule has 0 bridgehead atoms. The van der Waals surface area contributed by atoms with Crippen LogP contribution in [0, 0.1) is 0 Å². The lowest BCUT2D eigenvalue weighted by molar-refractivity contribution is -0.151. The van der Waals surface area contributed by atoms with Crippen LogP contribution in [0.1, 0.15) is 31.9 Å². The van der Waals surface area contributed by atoms with E-state index in [1.807, 2.05) is 69.3 Å². The van der Waals surface area contributed by atoms with Gasteiger partial charge in [-0.3, -0.25) is 5.32 Å². The SMILES string of the molecule is COCCOC(Cc1ccc(OCCc2ccc(NC(=O)OC(C)(C)C)cc2)cc1)C(=O)O. The van der Waals surface area contributed by atoms with Gasteiger partial charge in [-0.1, -0.05) is 24.3 Å². The molecule has 0 heterocycles. The Kier molecular flexibility index (Phi) is 10.2. The molecule has 0 saturated heterocycles. The number of carbonyl (C=O) groups is 2. The van der Waals surface area contributed by atoms with Gasteiger partial charge in [-0.2, -0.15) is 0 Å². The van der Waals surface area contributed by atoms with Crippen LogP contribution in [0.15, 0.2) is 48.5 Å². The number of benzene rings is 2. The van der Waals surface area contributed by atoms with Crippen LogP contribution in [0.5, 0.6) is 5.75 Å². The molecular formula is C25H33NO7. The summed E-state index contributed by atoms with van der Waals surface area (Å²) in [5, 5.41) is 12.0. The molecule has 0 aromatic heterocycles. The van der Waals surface area contributed by atoms with Crippen molar-refractivity contribution in [3.63, 3.8) is 0 Å². The molecule has 0 aliphatic rings. The van der Waals surface area contributed by atoms with E-state index in [0.717, 1.165) is 11.1 Å². The first-order valence-corrected chi connectivity index (χ1v) is 10.8. The molecule has 1 atom stereocenters. The number of hydrogen-bond donors (Lipinski definition) is 2. The van der Waals surface area contributed by atoms with Crippen molar-refractivity contribution < 1.29 is 33.6 Å². The number of rotatable bonds is 12. The van der Waals surface area contributed by atoms with Crippen molar-refractivity contribution in [2.45, 2.75) is 45.3 Å². The van der Waals surface area contributed by atoms with Crippen molar-refractivity contribution in [1.29, 1.82) is 0 Å². The van der Waals surface area contributed by atoms with E-state index in [0.29, 0.717) is 31.1 Å². The minimum atomic E-state index is -1.00. The normalized spacial score (nSPS) is 12.1. The van der Waals surface area contributed by atoms with Crippen LogP contribution < -0.4 is 10.1 Å². The first-order valence-electron chi connectivity index (χ1n) is 10.8. The standard InChI is InChI=1S/C25H33NO7/c1-25(2,3)33-24(29)26-20-9-5-18(6-10-20)13-14-31-21-11-7-19(8-12-21)17-22(23(27)28)32-16-15-30-4/h5-12,22H,13-17H2,1-4H3,(H,26,29)(H,27,28). The van der Waals surface area contributed by atoms with E-state index in [-0.39, 0.29) is 13.0 Å². The first-order chi connectivity index (χ1) is 15.7. The van der Waals surface area contributed by atoms with E-state index < -0.39 is 23.8 Å². The maximum atomic E-state index is 11.8. The fraction of sp³-hybridized carbons (Fsp3) is 0.440. The molecular weight excluding hydrogens is 426 g/mol. The van der Waals surface area contributed by atoms with Crippen molar-refractivity contribution in [2.24, 2.45) is 0 Å². The van der Waals surface area contributed by atoms with Crippen LogP contribution in [-0.4, -0.2) is 55.8 Å². The van der Waals surface area contributed by atoms with Gasteiger partial charge >= 0.3 is 12.1 Å². The Hall–Kier alpha value is -3.10. The molecule has 8 heteroatoms. The predicted octanol–water partition coefficient (Wildman–Crippen LogP) is 4.31. The molecule has 0 saturated carbocycles. The molecule has 0 aliphatic carbocycles. The topological polar surface area (TPSA) is 103 Å². The molecule has 0 fully saturated rings. The number of nitrogens with one attached hydrogen (secondary N) is 1. The zero-order chi connectivity index (χ0) is 24.3. The zero-order valence-corrected chi connectivity index (χ0v) is 19.6. The molecule has 1 unspecified atom stereocenters. The smallest absolute Gasteiger partial charge is 0.412 e. The maximum absolute atomic E-state index is 11.8. The van der Waals surface area contributed by atoms with Gasteiger partial charge < -0.3 is 24.1 Å². The summed E-state index contributed by atoms with van der Waals surface area (Å²) < 4.78 is 21.3. The molecule has 0 radical (unpaired) electrons. The first kappa shape index (κ1) is 26.2. The van der Waals surface area contributed by atoms with Crippen molar-refractivity contribution in [1.82, 2.24) is 0 Å². The number of hydrogen-bond acceptors (Lipinski definition) is 6. The largest absolute Gasteiger partial charge is 0.493 e. The predicted molar refractivity (Wildman–Crippen MR) is 125 cm³/mol. The number of carboxylic acids is 1. The Morgan fingerprint density at radius 3 is 2.15 bits per heavy atom. The zero-order valence-electron chi connectivity index (χ0n) is 19.6. The summed E-state index contributed by atoms with van der Waals surface area (Å²) in [4.78, 5) is 23.2. The number of carboxylic acid groups (broad SMARTS) is 1. The van der Waals surface area contributed by atoms with Crippen molar-refractivity contribution in [3.05, 3.63) is 59.7 Å². The Balaban J connectivity index is 1.77. The van der Waals surface area contributed by atoms with Gasteiger partial charge in [0.1, 0.15) is 11.4 Å². The highest BCUT2D eigenvalue weighted by Gasteiger charge is 2.18. The minimum Gasteiger partial charge on any atom is -0.493 e. The number of methoxy groups -OCH3 is 1. The number of ether oxygens (including phenoxy) is 4. The Morgan fingerprint density at radius 1 is 0.939 bits per heavy atom. The Morgan fingerprint density at radius 2 is 1.58 bits per heavy atom. The fourth-order valence-electron chi connectivity index (χ4n) is 2.89. The highest BCUT2D eigenvalue weighted by molar-refractivity contribution is 5.84. The lowest BCUT2D eigenvalue weighted by Gasteiger charge is -2.19. The lowest BCUT2D eigenvalue weighted by atomic mass is 10.1. The lowest BCUT2D eigenvalue weighted by Crippen LogP contribution is -2.27. The van der Waals surface area contributed by atoms with Crippen LogP contribution in [0.2, 0.25) is 0 Å². The summed E-state index contributed by atoms with van der Waals surface area (Å²) in [6.45, 7) is 6.50. The van der Waals surface area contributed by atoms with Crippen molar-refractivity contribution >= 4 is 17.7 Å². The second-order valence-electron chi connectivity index (χ2n) is 8.46. The van der Waals surface area contributed by atoms with E-state index >= 15 is 0 Å². The van der Waals surface area contributed by atoms with Crippen LogP contribution in [0.4, 0.5) is 10.5 Å². The third-order valence-electron chi connectivity index (χ3n) is 4.49. The molecule has 2 aromatic carbocycles. The van der Waals surface area contributed by atoms with Crippen LogP contribution >= 0.6 is 0 Å². The van der Waals surface area contributed by atoms with Gasteiger partial charge in [0.05, 0.1) is 19.8 Å². The van der Waals surface area contributed by atoms with E-state index in [4.69, 9.17) is 18.9 Å². The number of aliphatic carboxylic acids is 1. The molecule has 33 heavy (non-hydrogen) atoms. The van der Waals surface area contributed by atoms with Crippen molar-refractivity contribution in [2.75, 3.05) is 32.2 Å². The van der Waals surface area contributed by atoms with Crippen LogP contribution in [0.25, 0.3) is 0 Å². The van der Waals surface area contributed by atoms with E-state index in [1.54, 1.807) is 0 Å². The Bertz CT molecular complexity index is 873. The van der Waals surface area contributed by atoms with E-state index in [1.165, 1.54) is 7.11 Å². The molecule has 8 nitrogen and oxygen atoms in total. The van der Waals surface area contributed by atoms with Crippen LogP contribution in [-0.2, 0) is 31.8 Å². The summed E-state index contributed by atoms with van der Waals surface area (Å²) in [6.07, 6.45) is -0.440. The molecule has 2 rings (SSSR count). The number of carbonyl (C=O) groups excluding carboxylic acids is 1. The summed E-state index contributed by atoms with van der Waals surface area (Å²) in [7, 11) is 1.54. The van der Waals surface area contributed by atoms with E-state index in [2.05, 4.69) is 5.32 Å². The fourth-order valence-corrected chi connectivity index (χ4v) is 2.89. The summed E-state index contributed by atoms with van der Waals surface area (Å²) >= 11 is 0. The monoisotopic (exact) mass is 459 g/mol. The van der Waals surface area contributed by atoms with E-state index in [9.17, 15) is 14.7 Å². The van der Waals surface area contributed by atoms with Gasteiger partial charge in [0.2, 0.25) is 0 Å². The van der Waals surface area contributed by atoms with Gasteiger partial charge in [0.25, 0.3) is 0 Å². The number of anilines is 1. The molecule has 0 aliphatic heterocycles. The highest BCUT2D eigenvalue weighted by Crippen LogP contribution is 2.16. The summed E-state index contributed by atoms with van der Waals surface area (Å²) in [5.41, 5.74) is 2.03. The van der Waals surface area contributed by atoms with Crippen molar-refractivity contribution in [3.8, 4) is 5.75 Å². The average molecular weight is 460 g/mol. The molecule has 1 amide bonds. The van der Waals surface area contributed by atoms with Gasteiger partial charge in [0, 0.05) is 25.6 Å². The molecule has 0 spiro atoms. The van der Waals surface area contributed by atoms with Gasteiger partial charge in [-0.25, -0.2) is 9.59 Å². The van der Waals surface area contributed by atoms with Gasteiger partial charge in [0.15, 0.2) is 6.10 Å². The Labute approximate surface area is 194 Å². The van der Waals surface area contributed by atoms with Gasteiger partial charge in [-0.15, -0.1) is 0 Å². The molecule has 2 aromatic rings. The second-order valence-corrected chi connectivity index (χ2v) is 8.46. The highest BCUT2D eigenvalue weighted by atomic mass is 16.6. The number of amides is 1. The van der Waals surface area contributed by atoms with Crippen LogP contribution in [0.3, 0.4) is 0 Å². The average Bonchev–Trinajstić information content (AvgIpc) is 2.74. The minimum absolute atomic E-state index is 0.229. The summed E-state index contributed by atoms with van der Waals surface area (Å²) in [6, 6.07) is 14.8. The van der Waals surface area contributed by atoms with Gasteiger partial charge in [-0.05, 0) is 56.2 Å². The summed E-state index contributed by atoms with van der Waals surface area (Å²) in [5.74, 6) is -0.298. The maximum Gasteiger partial charge on any atom is 0.412 e. The quantitative estimate of drug-likeness (QED) is 0.456. The third kappa shape index (κ3) is 10.4. The second kappa shape index (κ2) is 12.8.